The van der Waals surface area contributed by atoms with Crippen LogP contribution >= 0.6 is 0 Å². The molecule has 1 aromatic heterocycles. The number of phenols is 1. The van der Waals surface area contributed by atoms with Gasteiger partial charge in [-0.2, -0.15) is 13.2 Å². The molecule has 174 valence electrons. The number of carboxylic acids is 1. The van der Waals surface area contributed by atoms with Crippen molar-refractivity contribution in [3.63, 3.8) is 0 Å². The number of anilines is 1. The van der Waals surface area contributed by atoms with Crippen molar-refractivity contribution in [3.8, 4) is 17.0 Å². The Morgan fingerprint density at radius 3 is 2.72 bits per heavy atom. The summed E-state index contributed by atoms with van der Waals surface area (Å²) < 4.78 is 38.7. The third-order valence-corrected chi connectivity index (χ3v) is 5.62. The van der Waals surface area contributed by atoms with E-state index < -0.39 is 23.5 Å². The van der Waals surface area contributed by atoms with Crippen molar-refractivity contribution in [1.82, 2.24) is 15.1 Å². The van der Waals surface area contributed by atoms with E-state index in [0.29, 0.717) is 36.1 Å². The fourth-order valence-corrected chi connectivity index (χ4v) is 3.91. The zero-order valence-electron chi connectivity index (χ0n) is 17.6. The minimum atomic E-state index is -4.56. The number of alkyl halides is 3. The van der Waals surface area contributed by atoms with Crippen LogP contribution in [0.15, 0.2) is 18.2 Å². The molecule has 2 heterocycles. The summed E-state index contributed by atoms with van der Waals surface area (Å²) in [5, 5.41) is 30.8. The SMILES string of the molecule is Cc1c(-c2ccc(C(F)(F)F)cc2O)nnc(N[C@@H]2CCCN(CCC(=O)O)C2)c1CN. The number of rotatable bonds is 7. The molecule has 32 heavy (non-hydrogen) atoms. The molecule has 0 radical (unpaired) electrons. The highest BCUT2D eigenvalue weighted by Crippen LogP contribution is 2.37. The minimum absolute atomic E-state index is 0.0295. The summed E-state index contributed by atoms with van der Waals surface area (Å²) in [7, 11) is 0. The lowest BCUT2D eigenvalue weighted by molar-refractivity contribution is -0.138. The molecule has 1 atom stereocenters. The number of aromatic nitrogens is 2. The molecule has 0 unspecified atom stereocenters. The normalized spacial score (nSPS) is 17.3. The number of carboxylic acid groups (broad SMARTS) is 1. The van der Waals surface area contributed by atoms with Gasteiger partial charge in [-0.25, -0.2) is 0 Å². The lowest BCUT2D eigenvalue weighted by Gasteiger charge is -2.33. The number of halogens is 3. The number of carbonyl (C=O) groups is 1. The molecule has 1 aliphatic heterocycles. The Morgan fingerprint density at radius 1 is 1.34 bits per heavy atom. The minimum Gasteiger partial charge on any atom is -0.507 e. The second-order valence-corrected chi connectivity index (χ2v) is 7.86. The Hall–Kier alpha value is -2.92. The first-order valence-electron chi connectivity index (χ1n) is 10.3. The lowest BCUT2D eigenvalue weighted by Crippen LogP contribution is -2.43. The largest absolute Gasteiger partial charge is 0.507 e. The molecule has 1 aliphatic rings. The molecule has 11 heteroatoms. The second-order valence-electron chi connectivity index (χ2n) is 7.86. The van der Waals surface area contributed by atoms with Crippen molar-refractivity contribution < 1.29 is 28.2 Å². The molecule has 0 saturated carbocycles. The van der Waals surface area contributed by atoms with Crippen LogP contribution in [0, 0.1) is 6.92 Å². The molecular formula is C21H26F3N5O3. The van der Waals surface area contributed by atoms with Crippen LogP contribution in [0.3, 0.4) is 0 Å². The molecule has 3 rings (SSSR count). The van der Waals surface area contributed by atoms with Crippen molar-refractivity contribution in [2.24, 2.45) is 5.73 Å². The van der Waals surface area contributed by atoms with Gasteiger partial charge in [-0.3, -0.25) is 4.79 Å². The van der Waals surface area contributed by atoms with Crippen LogP contribution in [0.2, 0.25) is 0 Å². The standard InChI is InChI=1S/C21H26F3N5O3/c1-12-16(10-25)20(26-14-3-2-7-29(11-14)8-6-18(31)32)28-27-19(12)15-5-4-13(9-17(15)30)21(22,23)24/h4-5,9,14,30H,2-3,6-8,10-11,25H2,1H3,(H,26,28)(H,31,32)/t14-/m1/s1. The number of nitrogens with one attached hydrogen (secondary N) is 1. The van der Waals surface area contributed by atoms with Crippen LogP contribution in [-0.4, -0.2) is 57.0 Å². The summed E-state index contributed by atoms with van der Waals surface area (Å²) in [5.41, 5.74) is 6.64. The third-order valence-electron chi connectivity index (χ3n) is 5.62. The number of nitrogens with two attached hydrogens (primary N) is 1. The predicted molar refractivity (Wildman–Crippen MR) is 112 cm³/mol. The van der Waals surface area contributed by atoms with Crippen molar-refractivity contribution in [2.45, 2.75) is 44.9 Å². The average Bonchev–Trinajstić information content (AvgIpc) is 2.73. The molecule has 1 aromatic carbocycles. The Labute approximate surface area is 183 Å². The summed E-state index contributed by atoms with van der Waals surface area (Å²) in [6, 6.07) is 2.75. The first kappa shape index (κ1) is 23.7. The van der Waals surface area contributed by atoms with Crippen molar-refractivity contribution in [3.05, 3.63) is 34.9 Å². The molecule has 1 saturated heterocycles. The maximum absolute atomic E-state index is 12.9. The first-order valence-corrected chi connectivity index (χ1v) is 10.3. The highest BCUT2D eigenvalue weighted by atomic mass is 19.4. The zero-order valence-corrected chi connectivity index (χ0v) is 17.6. The van der Waals surface area contributed by atoms with Gasteiger partial charge in [0.05, 0.1) is 12.0 Å². The molecular weight excluding hydrogens is 427 g/mol. The number of nitrogens with zero attached hydrogens (tertiary/aromatic N) is 3. The molecule has 0 amide bonds. The van der Waals surface area contributed by atoms with Gasteiger partial charge in [-0.05, 0) is 50.1 Å². The monoisotopic (exact) mass is 453 g/mol. The van der Waals surface area contributed by atoms with Gasteiger partial charge < -0.3 is 26.2 Å². The van der Waals surface area contributed by atoms with E-state index in [9.17, 15) is 23.1 Å². The lowest BCUT2D eigenvalue weighted by atomic mass is 10.00. The maximum atomic E-state index is 12.9. The Balaban J connectivity index is 1.82. The Morgan fingerprint density at radius 2 is 2.09 bits per heavy atom. The molecule has 0 spiro atoms. The van der Waals surface area contributed by atoms with E-state index in [0.717, 1.165) is 25.5 Å². The van der Waals surface area contributed by atoms with E-state index in [4.69, 9.17) is 10.8 Å². The number of likely N-dealkylation sites (tertiary alicyclic amines) is 1. The van der Waals surface area contributed by atoms with E-state index in [-0.39, 0.29) is 30.3 Å². The van der Waals surface area contributed by atoms with E-state index >= 15 is 0 Å². The van der Waals surface area contributed by atoms with Crippen molar-refractivity contribution in [1.29, 1.82) is 0 Å². The number of aromatic hydroxyl groups is 1. The fraction of sp³-hybridized carbons (Fsp3) is 0.476. The average molecular weight is 453 g/mol. The maximum Gasteiger partial charge on any atom is 0.416 e. The van der Waals surface area contributed by atoms with Crippen molar-refractivity contribution in [2.75, 3.05) is 25.0 Å². The second kappa shape index (κ2) is 9.70. The fourth-order valence-electron chi connectivity index (χ4n) is 3.91. The van der Waals surface area contributed by atoms with Crippen LogP contribution in [0.4, 0.5) is 19.0 Å². The molecule has 8 nitrogen and oxygen atoms in total. The molecule has 0 aliphatic carbocycles. The van der Waals surface area contributed by atoms with Crippen LogP contribution in [-0.2, 0) is 17.5 Å². The topological polar surface area (TPSA) is 125 Å². The number of piperidine rings is 1. The zero-order chi connectivity index (χ0) is 23.5. The van der Waals surface area contributed by atoms with Gasteiger partial charge in [0.1, 0.15) is 11.4 Å². The number of benzene rings is 1. The van der Waals surface area contributed by atoms with E-state index in [1.54, 1.807) is 6.92 Å². The van der Waals surface area contributed by atoms with Gasteiger partial charge in [-0.15, -0.1) is 10.2 Å². The highest BCUT2D eigenvalue weighted by Gasteiger charge is 2.31. The third kappa shape index (κ3) is 5.46. The van der Waals surface area contributed by atoms with Crippen LogP contribution in [0.1, 0.15) is 36.0 Å². The number of hydrogen-bond donors (Lipinski definition) is 4. The molecule has 2 aromatic rings. The van der Waals surface area contributed by atoms with Crippen LogP contribution < -0.4 is 11.1 Å². The number of hydrogen-bond acceptors (Lipinski definition) is 7. The first-order chi connectivity index (χ1) is 15.1. The van der Waals surface area contributed by atoms with Gasteiger partial charge >= 0.3 is 12.1 Å². The Bertz CT molecular complexity index is 984. The molecule has 0 bridgehead atoms. The van der Waals surface area contributed by atoms with Gasteiger partial charge in [0.2, 0.25) is 0 Å². The van der Waals surface area contributed by atoms with E-state index in [1.807, 2.05) is 0 Å². The van der Waals surface area contributed by atoms with Gasteiger partial charge in [0, 0.05) is 36.8 Å². The smallest absolute Gasteiger partial charge is 0.416 e. The quantitative estimate of drug-likeness (QED) is 0.504. The van der Waals surface area contributed by atoms with Crippen molar-refractivity contribution >= 4 is 11.8 Å². The molecule has 1 fully saturated rings. The Kier molecular flexibility index (Phi) is 7.19. The predicted octanol–water partition coefficient (Wildman–Crippen LogP) is 2.99. The summed E-state index contributed by atoms with van der Waals surface area (Å²) >= 11 is 0. The van der Waals surface area contributed by atoms with Gasteiger partial charge in [-0.1, -0.05) is 0 Å². The number of aliphatic carboxylic acids is 1. The summed E-state index contributed by atoms with van der Waals surface area (Å²) in [6.07, 6.45) is -2.72. The van der Waals surface area contributed by atoms with E-state index in [1.165, 1.54) is 6.07 Å². The van der Waals surface area contributed by atoms with Crippen LogP contribution in [0.25, 0.3) is 11.3 Å². The molecule has 5 N–H and O–H groups in total. The summed E-state index contributed by atoms with van der Waals surface area (Å²) in [5.74, 6) is -0.901. The number of phenolic OH excluding ortho intramolecular Hbond substituents is 1. The van der Waals surface area contributed by atoms with Crippen LogP contribution in [0.5, 0.6) is 5.75 Å². The van der Waals surface area contributed by atoms with E-state index in [2.05, 4.69) is 20.4 Å². The van der Waals surface area contributed by atoms with Gasteiger partial charge in [0.15, 0.2) is 5.82 Å². The summed E-state index contributed by atoms with van der Waals surface area (Å²) in [4.78, 5) is 12.9. The highest BCUT2D eigenvalue weighted by molar-refractivity contribution is 5.72. The summed E-state index contributed by atoms with van der Waals surface area (Å²) in [6.45, 7) is 3.79. The van der Waals surface area contributed by atoms with Gasteiger partial charge in [0.25, 0.3) is 0 Å².